The molecule has 0 radical (unpaired) electrons. The van der Waals surface area contributed by atoms with Crippen molar-refractivity contribution < 1.29 is 4.39 Å². The van der Waals surface area contributed by atoms with Gasteiger partial charge in [-0.2, -0.15) is 0 Å². The molecule has 1 aromatic heterocycles. The smallest absolute Gasteiger partial charge is 0.159 e. The van der Waals surface area contributed by atoms with Crippen LogP contribution in [0.5, 0.6) is 0 Å². The van der Waals surface area contributed by atoms with E-state index in [1.54, 1.807) is 12.3 Å². The summed E-state index contributed by atoms with van der Waals surface area (Å²) in [6.07, 6.45) is 2.80. The summed E-state index contributed by atoms with van der Waals surface area (Å²) in [6.45, 7) is 5.71. The Morgan fingerprint density at radius 1 is 1.26 bits per heavy atom. The van der Waals surface area contributed by atoms with E-state index < -0.39 is 0 Å². The number of hydrogen-bond acceptors (Lipinski definition) is 3. The minimum Gasteiger partial charge on any atom is -0.311 e. The van der Waals surface area contributed by atoms with Crippen LogP contribution in [0.1, 0.15) is 24.6 Å². The molecule has 1 heterocycles. The summed E-state index contributed by atoms with van der Waals surface area (Å²) < 4.78 is 13.3. The summed E-state index contributed by atoms with van der Waals surface area (Å²) in [5.41, 5.74) is 2.64. The molecule has 0 bridgehead atoms. The Hall–Kier alpha value is -1.81. The van der Waals surface area contributed by atoms with E-state index in [1.165, 1.54) is 12.1 Å². The van der Waals surface area contributed by atoms with Gasteiger partial charge in [-0.3, -0.25) is 0 Å². The molecule has 0 spiro atoms. The highest BCUT2D eigenvalue weighted by Gasteiger charge is 2.07. The Labute approximate surface area is 112 Å². The van der Waals surface area contributed by atoms with Crippen LogP contribution in [0.4, 0.5) is 4.39 Å². The first-order valence-corrected chi connectivity index (χ1v) is 6.50. The molecule has 0 aliphatic carbocycles. The number of aromatic nitrogens is 2. The first kappa shape index (κ1) is 13.6. The Balaban J connectivity index is 2.24. The summed E-state index contributed by atoms with van der Waals surface area (Å²) >= 11 is 0. The van der Waals surface area contributed by atoms with Crippen molar-refractivity contribution in [1.29, 1.82) is 0 Å². The zero-order chi connectivity index (χ0) is 13.7. The molecule has 0 unspecified atom stereocenters. The topological polar surface area (TPSA) is 37.8 Å². The molecule has 0 saturated carbocycles. The molecule has 2 aromatic rings. The van der Waals surface area contributed by atoms with E-state index in [1.807, 2.05) is 13.0 Å². The van der Waals surface area contributed by atoms with Gasteiger partial charge >= 0.3 is 0 Å². The third-order valence-corrected chi connectivity index (χ3v) is 2.89. The van der Waals surface area contributed by atoms with Crippen molar-refractivity contribution in [3.05, 3.63) is 47.5 Å². The summed E-state index contributed by atoms with van der Waals surface area (Å²) in [7, 11) is 0. The Kier molecular flexibility index (Phi) is 4.58. The second-order valence-corrected chi connectivity index (χ2v) is 4.51. The standard InChI is InChI=1S/C15H18FN3/c1-3-7-17-10-13-6-8-18-15(19-13)14-9-12(16)5-4-11(14)2/h4-6,8-9,17H,3,7,10H2,1-2H3. The highest BCUT2D eigenvalue weighted by atomic mass is 19.1. The van der Waals surface area contributed by atoms with E-state index in [0.29, 0.717) is 12.4 Å². The summed E-state index contributed by atoms with van der Waals surface area (Å²) in [6, 6.07) is 6.55. The zero-order valence-electron chi connectivity index (χ0n) is 11.3. The molecular weight excluding hydrogens is 241 g/mol. The molecule has 0 saturated heterocycles. The molecule has 4 heteroatoms. The van der Waals surface area contributed by atoms with Crippen molar-refractivity contribution in [2.24, 2.45) is 0 Å². The minimum absolute atomic E-state index is 0.265. The maximum atomic E-state index is 13.3. The quantitative estimate of drug-likeness (QED) is 0.838. The molecule has 0 fully saturated rings. The molecule has 0 aliphatic heterocycles. The van der Waals surface area contributed by atoms with Crippen molar-refractivity contribution in [2.75, 3.05) is 6.54 Å². The number of halogens is 1. The SMILES string of the molecule is CCCNCc1ccnc(-c2cc(F)ccc2C)n1. The van der Waals surface area contributed by atoms with Crippen LogP contribution in [-0.4, -0.2) is 16.5 Å². The number of aryl methyl sites for hydroxylation is 1. The van der Waals surface area contributed by atoms with Gasteiger partial charge in [0.2, 0.25) is 0 Å². The van der Waals surface area contributed by atoms with Gasteiger partial charge in [0.15, 0.2) is 5.82 Å². The number of benzene rings is 1. The predicted octanol–water partition coefficient (Wildman–Crippen LogP) is 3.09. The van der Waals surface area contributed by atoms with Crippen molar-refractivity contribution >= 4 is 0 Å². The van der Waals surface area contributed by atoms with E-state index in [-0.39, 0.29) is 5.82 Å². The number of rotatable bonds is 5. The van der Waals surface area contributed by atoms with Crippen LogP contribution < -0.4 is 5.32 Å². The van der Waals surface area contributed by atoms with E-state index >= 15 is 0 Å². The van der Waals surface area contributed by atoms with Crippen LogP contribution in [0.25, 0.3) is 11.4 Å². The second-order valence-electron chi connectivity index (χ2n) is 4.51. The molecule has 19 heavy (non-hydrogen) atoms. The van der Waals surface area contributed by atoms with Gasteiger partial charge in [-0.05, 0) is 43.7 Å². The van der Waals surface area contributed by atoms with Gasteiger partial charge in [0.25, 0.3) is 0 Å². The second kappa shape index (κ2) is 6.38. The lowest BCUT2D eigenvalue weighted by atomic mass is 10.1. The van der Waals surface area contributed by atoms with Crippen molar-refractivity contribution in [3.8, 4) is 11.4 Å². The fourth-order valence-corrected chi connectivity index (χ4v) is 1.85. The number of hydrogen-bond donors (Lipinski definition) is 1. The maximum Gasteiger partial charge on any atom is 0.159 e. The van der Waals surface area contributed by atoms with Crippen LogP contribution in [0.3, 0.4) is 0 Å². The molecule has 0 atom stereocenters. The monoisotopic (exact) mass is 259 g/mol. The predicted molar refractivity (Wildman–Crippen MR) is 74.2 cm³/mol. The lowest BCUT2D eigenvalue weighted by Crippen LogP contribution is -2.15. The highest BCUT2D eigenvalue weighted by molar-refractivity contribution is 5.59. The van der Waals surface area contributed by atoms with Crippen molar-refractivity contribution in [1.82, 2.24) is 15.3 Å². The fourth-order valence-electron chi connectivity index (χ4n) is 1.85. The van der Waals surface area contributed by atoms with Crippen molar-refractivity contribution in [2.45, 2.75) is 26.8 Å². The van der Waals surface area contributed by atoms with Gasteiger partial charge in [0, 0.05) is 18.3 Å². The third-order valence-electron chi connectivity index (χ3n) is 2.89. The van der Waals surface area contributed by atoms with E-state index in [0.717, 1.165) is 29.8 Å². The summed E-state index contributed by atoms with van der Waals surface area (Å²) in [5.74, 6) is 0.312. The Morgan fingerprint density at radius 2 is 2.11 bits per heavy atom. The fraction of sp³-hybridized carbons (Fsp3) is 0.333. The first-order chi connectivity index (χ1) is 9.20. The first-order valence-electron chi connectivity index (χ1n) is 6.50. The van der Waals surface area contributed by atoms with Crippen LogP contribution in [-0.2, 0) is 6.54 Å². The van der Waals surface area contributed by atoms with Gasteiger partial charge in [-0.25, -0.2) is 14.4 Å². The lowest BCUT2D eigenvalue weighted by molar-refractivity contribution is 0.627. The van der Waals surface area contributed by atoms with Crippen LogP contribution in [0.15, 0.2) is 30.5 Å². The molecule has 0 aliphatic rings. The number of nitrogens with zero attached hydrogens (tertiary/aromatic N) is 2. The van der Waals surface area contributed by atoms with Gasteiger partial charge < -0.3 is 5.32 Å². The molecule has 3 nitrogen and oxygen atoms in total. The molecule has 1 N–H and O–H groups in total. The molecule has 2 rings (SSSR count). The van der Waals surface area contributed by atoms with Gasteiger partial charge in [0.1, 0.15) is 5.82 Å². The Bertz CT molecular complexity index is 555. The molecule has 100 valence electrons. The van der Waals surface area contributed by atoms with Crippen LogP contribution >= 0.6 is 0 Å². The molecule has 0 amide bonds. The summed E-state index contributed by atoms with van der Waals surface area (Å²) in [4.78, 5) is 8.71. The van der Waals surface area contributed by atoms with Gasteiger partial charge in [0.05, 0.1) is 5.69 Å². The third kappa shape index (κ3) is 3.58. The van der Waals surface area contributed by atoms with Gasteiger partial charge in [-0.1, -0.05) is 13.0 Å². The number of nitrogens with one attached hydrogen (secondary N) is 1. The lowest BCUT2D eigenvalue weighted by Gasteiger charge is -2.07. The van der Waals surface area contributed by atoms with E-state index in [9.17, 15) is 4.39 Å². The largest absolute Gasteiger partial charge is 0.311 e. The molecular formula is C15H18FN3. The molecule has 1 aromatic carbocycles. The average molecular weight is 259 g/mol. The van der Waals surface area contributed by atoms with E-state index in [4.69, 9.17) is 0 Å². The summed E-state index contributed by atoms with van der Waals surface area (Å²) in [5, 5.41) is 3.29. The zero-order valence-corrected chi connectivity index (χ0v) is 11.3. The van der Waals surface area contributed by atoms with Crippen molar-refractivity contribution in [3.63, 3.8) is 0 Å². The van der Waals surface area contributed by atoms with Crippen LogP contribution in [0.2, 0.25) is 0 Å². The normalized spacial score (nSPS) is 10.7. The Morgan fingerprint density at radius 3 is 2.89 bits per heavy atom. The highest BCUT2D eigenvalue weighted by Crippen LogP contribution is 2.20. The van der Waals surface area contributed by atoms with Crippen LogP contribution in [0, 0.1) is 12.7 Å². The minimum atomic E-state index is -0.265. The maximum absolute atomic E-state index is 13.3. The van der Waals surface area contributed by atoms with Gasteiger partial charge in [-0.15, -0.1) is 0 Å². The van der Waals surface area contributed by atoms with E-state index in [2.05, 4.69) is 22.2 Å². The average Bonchev–Trinajstić information content (AvgIpc) is 2.42.